The van der Waals surface area contributed by atoms with Crippen molar-refractivity contribution in [3.05, 3.63) is 58.7 Å². The number of anilines is 1. The van der Waals surface area contributed by atoms with E-state index in [4.69, 9.17) is 4.74 Å². The molecule has 4 nitrogen and oxygen atoms in total. The Morgan fingerprint density at radius 2 is 1.65 bits per heavy atom. The minimum absolute atomic E-state index is 0.344. The first-order valence-electron chi connectivity index (χ1n) is 7.65. The molecule has 1 aliphatic rings. The Bertz CT molecular complexity index is 795. The number of carbonyl (C=O) groups is 2. The second-order valence-electron chi connectivity index (χ2n) is 5.80. The maximum atomic E-state index is 12.2. The molecule has 0 unspecified atom stereocenters. The largest absolute Gasteiger partial charge is 0.491 e. The molecule has 0 aromatic heterocycles. The third kappa shape index (κ3) is 2.61. The van der Waals surface area contributed by atoms with Gasteiger partial charge in [-0.2, -0.15) is 0 Å². The molecule has 1 amide bonds. The van der Waals surface area contributed by atoms with Crippen LogP contribution in [0, 0.1) is 20.8 Å². The van der Waals surface area contributed by atoms with Gasteiger partial charge in [0.15, 0.2) is 0 Å². The molecule has 0 N–H and O–H groups in total. The number of hydrogen-bond acceptors (Lipinski definition) is 3. The summed E-state index contributed by atoms with van der Waals surface area (Å²) in [5.41, 5.74) is 4.38. The number of para-hydroxylation sites is 1. The lowest BCUT2D eigenvalue weighted by molar-refractivity contribution is -0.114. The van der Waals surface area contributed by atoms with E-state index in [0.29, 0.717) is 24.4 Å². The Kier molecular flexibility index (Phi) is 3.90. The Balaban J connectivity index is 1.76. The van der Waals surface area contributed by atoms with E-state index in [1.165, 1.54) is 4.90 Å². The number of amides is 1. The number of aryl methyl sites for hydroxylation is 2. The van der Waals surface area contributed by atoms with Crippen LogP contribution in [0.4, 0.5) is 5.69 Å². The summed E-state index contributed by atoms with van der Waals surface area (Å²) in [6, 6.07) is 11.3. The van der Waals surface area contributed by atoms with Crippen LogP contribution in [0.25, 0.3) is 0 Å². The molecular weight excluding hydrogens is 290 g/mol. The first-order valence-corrected chi connectivity index (χ1v) is 7.65. The molecule has 0 spiro atoms. The van der Waals surface area contributed by atoms with Crippen LogP contribution in [-0.4, -0.2) is 24.8 Å². The third-order valence-electron chi connectivity index (χ3n) is 4.32. The summed E-state index contributed by atoms with van der Waals surface area (Å²) in [4.78, 5) is 25.8. The Morgan fingerprint density at radius 1 is 0.957 bits per heavy atom. The molecule has 1 heterocycles. The Labute approximate surface area is 135 Å². The zero-order valence-corrected chi connectivity index (χ0v) is 13.6. The van der Waals surface area contributed by atoms with Crippen molar-refractivity contribution in [3.8, 4) is 5.75 Å². The van der Waals surface area contributed by atoms with Gasteiger partial charge in [0, 0.05) is 0 Å². The van der Waals surface area contributed by atoms with E-state index in [1.54, 1.807) is 12.1 Å². The predicted molar refractivity (Wildman–Crippen MR) is 89.3 cm³/mol. The number of hydrogen-bond donors (Lipinski definition) is 0. The van der Waals surface area contributed by atoms with E-state index >= 15 is 0 Å². The molecule has 118 valence electrons. The lowest BCUT2D eigenvalue weighted by Gasteiger charge is -2.19. The van der Waals surface area contributed by atoms with Crippen LogP contribution in [0.15, 0.2) is 36.4 Å². The van der Waals surface area contributed by atoms with Crippen molar-refractivity contribution >= 4 is 17.4 Å². The number of ketones is 1. The van der Waals surface area contributed by atoms with Gasteiger partial charge in [-0.25, -0.2) is 0 Å². The summed E-state index contributed by atoms with van der Waals surface area (Å²) in [5, 5.41) is 0. The molecule has 0 fully saturated rings. The van der Waals surface area contributed by atoms with Crippen LogP contribution in [0.1, 0.15) is 27.0 Å². The molecule has 2 aromatic rings. The van der Waals surface area contributed by atoms with E-state index in [9.17, 15) is 9.59 Å². The summed E-state index contributed by atoms with van der Waals surface area (Å²) >= 11 is 0. The molecule has 0 atom stereocenters. The third-order valence-corrected chi connectivity index (χ3v) is 4.32. The van der Waals surface area contributed by atoms with E-state index in [0.717, 1.165) is 22.4 Å². The molecule has 0 bridgehead atoms. The van der Waals surface area contributed by atoms with Gasteiger partial charge in [-0.05, 0) is 49.6 Å². The van der Waals surface area contributed by atoms with Gasteiger partial charge >= 0.3 is 0 Å². The predicted octanol–water partition coefficient (Wildman–Crippen LogP) is 3.22. The van der Waals surface area contributed by atoms with Crippen LogP contribution in [0.2, 0.25) is 0 Å². The van der Waals surface area contributed by atoms with Crippen LogP contribution >= 0.6 is 0 Å². The number of rotatable bonds is 4. The summed E-state index contributed by atoms with van der Waals surface area (Å²) in [7, 11) is 0. The summed E-state index contributed by atoms with van der Waals surface area (Å²) in [6.07, 6.45) is 0. The first kappa shape index (κ1) is 15.3. The number of carbonyl (C=O) groups excluding carboxylic acids is 2. The number of Topliss-reactive ketones (excluding diaryl/α,β-unsaturated/α-hetero) is 1. The SMILES string of the molecule is Cc1cccc(OCCN2C(=O)C(=O)c3cccc(C)c32)c1C. The van der Waals surface area contributed by atoms with Gasteiger partial charge in [0.1, 0.15) is 12.4 Å². The van der Waals surface area contributed by atoms with Crippen LogP contribution in [-0.2, 0) is 4.79 Å². The highest BCUT2D eigenvalue weighted by Crippen LogP contribution is 2.32. The quantitative estimate of drug-likeness (QED) is 0.815. The molecule has 0 aliphatic carbocycles. The maximum Gasteiger partial charge on any atom is 0.299 e. The molecule has 0 radical (unpaired) electrons. The van der Waals surface area contributed by atoms with Gasteiger partial charge < -0.3 is 9.64 Å². The second kappa shape index (κ2) is 5.88. The van der Waals surface area contributed by atoms with Gasteiger partial charge in [0.2, 0.25) is 0 Å². The maximum absolute atomic E-state index is 12.2. The highest BCUT2D eigenvalue weighted by Gasteiger charge is 2.36. The number of nitrogens with zero attached hydrogens (tertiary/aromatic N) is 1. The summed E-state index contributed by atoms with van der Waals surface area (Å²) in [5.74, 6) is -0.0951. The highest BCUT2D eigenvalue weighted by molar-refractivity contribution is 6.52. The monoisotopic (exact) mass is 309 g/mol. The topological polar surface area (TPSA) is 46.6 Å². The summed E-state index contributed by atoms with van der Waals surface area (Å²) < 4.78 is 5.81. The van der Waals surface area contributed by atoms with E-state index in [-0.39, 0.29) is 0 Å². The van der Waals surface area contributed by atoms with Gasteiger partial charge in [-0.3, -0.25) is 9.59 Å². The minimum Gasteiger partial charge on any atom is -0.491 e. The van der Waals surface area contributed by atoms with E-state index in [1.807, 2.05) is 45.0 Å². The molecular formula is C19H19NO3. The van der Waals surface area contributed by atoms with E-state index < -0.39 is 11.7 Å². The molecule has 1 aliphatic heterocycles. The standard InChI is InChI=1S/C19H19NO3/c1-12-6-5-9-16(14(12)3)23-11-10-20-17-13(2)7-4-8-15(17)18(21)19(20)22/h4-9H,10-11H2,1-3H3. The average Bonchev–Trinajstić information content (AvgIpc) is 2.78. The highest BCUT2D eigenvalue weighted by atomic mass is 16.5. The molecule has 2 aromatic carbocycles. The number of ether oxygens (including phenoxy) is 1. The van der Waals surface area contributed by atoms with Crippen molar-refractivity contribution in [2.45, 2.75) is 20.8 Å². The lowest BCUT2D eigenvalue weighted by Crippen LogP contribution is -2.33. The molecule has 3 rings (SSSR count). The lowest BCUT2D eigenvalue weighted by atomic mass is 10.1. The van der Waals surface area contributed by atoms with Gasteiger partial charge in [0.25, 0.3) is 11.7 Å². The van der Waals surface area contributed by atoms with E-state index in [2.05, 4.69) is 0 Å². The smallest absolute Gasteiger partial charge is 0.299 e. The Hall–Kier alpha value is -2.62. The van der Waals surface area contributed by atoms with Crippen molar-refractivity contribution in [2.24, 2.45) is 0 Å². The van der Waals surface area contributed by atoms with Crippen molar-refractivity contribution in [2.75, 3.05) is 18.1 Å². The van der Waals surface area contributed by atoms with Crippen LogP contribution in [0.3, 0.4) is 0 Å². The van der Waals surface area contributed by atoms with Crippen molar-refractivity contribution in [1.29, 1.82) is 0 Å². The molecule has 0 saturated carbocycles. The minimum atomic E-state index is -0.473. The number of benzene rings is 2. The van der Waals surface area contributed by atoms with Crippen LogP contribution in [0.5, 0.6) is 5.75 Å². The number of fused-ring (bicyclic) bond motifs is 1. The van der Waals surface area contributed by atoms with Gasteiger partial charge in [-0.15, -0.1) is 0 Å². The Morgan fingerprint density at radius 3 is 2.43 bits per heavy atom. The zero-order valence-electron chi connectivity index (χ0n) is 13.6. The fourth-order valence-electron chi connectivity index (χ4n) is 2.88. The first-order chi connectivity index (χ1) is 11.0. The van der Waals surface area contributed by atoms with Crippen molar-refractivity contribution in [3.63, 3.8) is 0 Å². The molecule has 0 saturated heterocycles. The van der Waals surface area contributed by atoms with Crippen LogP contribution < -0.4 is 9.64 Å². The van der Waals surface area contributed by atoms with Gasteiger partial charge in [0.05, 0.1) is 17.8 Å². The molecule has 23 heavy (non-hydrogen) atoms. The second-order valence-corrected chi connectivity index (χ2v) is 5.80. The van der Waals surface area contributed by atoms with Crippen molar-refractivity contribution in [1.82, 2.24) is 0 Å². The fraction of sp³-hybridized carbons (Fsp3) is 0.263. The van der Waals surface area contributed by atoms with Gasteiger partial charge in [-0.1, -0.05) is 24.3 Å². The average molecular weight is 309 g/mol. The normalized spacial score (nSPS) is 13.4. The fourth-order valence-corrected chi connectivity index (χ4v) is 2.88. The zero-order chi connectivity index (χ0) is 16.6. The molecule has 4 heteroatoms. The summed E-state index contributed by atoms with van der Waals surface area (Å²) in [6.45, 7) is 6.65. The van der Waals surface area contributed by atoms with Crippen molar-refractivity contribution < 1.29 is 14.3 Å².